The standard InChI is InChI=1S/C14H17NO2/c1-16-14-3-2-12(10-13(14)4-7-15)11-5-8-17-9-6-11/h2-3,10-11H,4-6,8-9H2,1H3. The minimum absolute atomic E-state index is 0.403. The molecule has 0 aromatic heterocycles. The van der Waals surface area contributed by atoms with Crippen LogP contribution in [0.4, 0.5) is 0 Å². The number of nitrogens with zero attached hydrogens (tertiary/aromatic N) is 1. The van der Waals surface area contributed by atoms with E-state index in [0.717, 1.165) is 37.4 Å². The van der Waals surface area contributed by atoms with Gasteiger partial charge in [0.15, 0.2) is 0 Å². The second kappa shape index (κ2) is 5.70. The van der Waals surface area contributed by atoms with Gasteiger partial charge in [0.2, 0.25) is 0 Å². The Morgan fingerprint density at radius 3 is 2.82 bits per heavy atom. The predicted molar refractivity (Wildman–Crippen MR) is 65.1 cm³/mol. The quantitative estimate of drug-likeness (QED) is 0.803. The smallest absolute Gasteiger partial charge is 0.123 e. The molecular formula is C14H17NO2. The fourth-order valence-corrected chi connectivity index (χ4v) is 2.31. The monoisotopic (exact) mass is 231 g/mol. The Bertz CT molecular complexity index is 417. The van der Waals surface area contributed by atoms with Gasteiger partial charge in [0.25, 0.3) is 0 Å². The van der Waals surface area contributed by atoms with E-state index in [2.05, 4.69) is 18.2 Å². The summed E-state index contributed by atoms with van der Waals surface area (Å²) < 4.78 is 10.6. The van der Waals surface area contributed by atoms with E-state index < -0.39 is 0 Å². The molecule has 90 valence electrons. The molecule has 0 radical (unpaired) electrons. The first kappa shape index (κ1) is 11.9. The van der Waals surface area contributed by atoms with Crippen molar-refractivity contribution in [3.63, 3.8) is 0 Å². The summed E-state index contributed by atoms with van der Waals surface area (Å²) in [6, 6.07) is 8.37. The Balaban J connectivity index is 2.23. The molecule has 0 saturated carbocycles. The van der Waals surface area contributed by atoms with Crippen LogP contribution >= 0.6 is 0 Å². The van der Waals surface area contributed by atoms with Gasteiger partial charge in [-0.1, -0.05) is 12.1 Å². The summed E-state index contributed by atoms with van der Waals surface area (Å²) in [5, 5.41) is 8.82. The number of benzene rings is 1. The lowest BCUT2D eigenvalue weighted by Crippen LogP contribution is -2.14. The third kappa shape index (κ3) is 2.78. The maximum Gasteiger partial charge on any atom is 0.123 e. The first-order valence-corrected chi connectivity index (χ1v) is 5.96. The fraction of sp³-hybridized carbons (Fsp3) is 0.500. The van der Waals surface area contributed by atoms with Crippen molar-refractivity contribution >= 4 is 0 Å². The van der Waals surface area contributed by atoms with Crippen LogP contribution in [0.3, 0.4) is 0 Å². The van der Waals surface area contributed by atoms with E-state index in [0.29, 0.717) is 12.3 Å². The number of rotatable bonds is 3. The summed E-state index contributed by atoms with van der Waals surface area (Å²) in [4.78, 5) is 0. The molecule has 0 aliphatic carbocycles. The van der Waals surface area contributed by atoms with E-state index in [1.165, 1.54) is 5.56 Å². The molecule has 3 heteroatoms. The molecule has 0 spiro atoms. The minimum atomic E-state index is 0.403. The molecule has 1 saturated heterocycles. The van der Waals surface area contributed by atoms with Crippen molar-refractivity contribution < 1.29 is 9.47 Å². The number of hydrogen-bond acceptors (Lipinski definition) is 3. The lowest BCUT2D eigenvalue weighted by Gasteiger charge is -2.23. The van der Waals surface area contributed by atoms with Crippen LogP contribution < -0.4 is 4.74 Å². The molecule has 2 rings (SSSR count). The van der Waals surface area contributed by atoms with E-state index in [1.807, 2.05) is 6.07 Å². The van der Waals surface area contributed by atoms with Crippen LogP contribution in [0.15, 0.2) is 18.2 Å². The van der Waals surface area contributed by atoms with Gasteiger partial charge in [-0.2, -0.15) is 5.26 Å². The van der Waals surface area contributed by atoms with Crippen LogP contribution in [-0.4, -0.2) is 20.3 Å². The maximum atomic E-state index is 8.82. The average Bonchev–Trinajstić information content (AvgIpc) is 2.40. The van der Waals surface area contributed by atoms with E-state index in [9.17, 15) is 0 Å². The molecule has 1 aliphatic rings. The van der Waals surface area contributed by atoms with Crippen molar-refractivity contribution in [1.29, 1.82) is 5.26 Å². The van der Waals surface area contributed by atoms with E-state index in [-0.39, 0.29) is 0 Å². The average molecular weight is 231 g/mol. The zero-order chi connectivity index (χ0) is 12.1. The van der Waals surface area contributed by atoms with Crippen LogP contribution in [0.25, 0.3) is 0 Å². The summed E-state index contributed by atoms with van der Waals surface area (Å²) in [5.74, 6) is 1.37. The molecule has 1 fully saturated rings. The maximum absolute atomic E-state index is 8.82. The molecule has 1 aliphatic heterocycles. The molecule has 0 amide bonds. The molecular weight excluding hydrogens is 214 g/mol. The molecule has 1 aromatic carbocycles. The Morgan fingerprint density at radius 1 is 1.41 bits per heavy atom. The van der Waals surface area contributed by atoms with Crippen LogP contribution in [-0.2, 0) is 11.2 Å². The van der Waals surface area contributed by atoms with Gasteiger partial charge in [-0.05, 0) is 30.4 Å². The third-order valence-electron chi connectivity index (χ3n) is 3.27. The second-order valence-electron chi connectivity index (χ2n) is 4.29. The highest BCUT2D eigenvalue weighted by molar-refractivity contribution is 5.40. The molecule has 0 unspecified atom stereocenters. The lowest BCUT2D eigenvalue weighted by atomic mass is 9.90. The topological polar surface area (TPSA) is 42.2 Å². The van der Waals surface area contributed by atoms with Crippen molar-refractivity contribution in [3.05, 3.63) is 29.3 Å². The van der Waals surface area contributed by atoms with E-state index >= 15 is 0 Å². The minimum Gasteiger partial charge on any atom is -0.496 e. The fourth-order valence-electron chi connectivity index (χ4n) is 2.31. The summed E-state index contributed by atoms with van der Waals surface area (Å²) >= 11 is 0. The summed E-state index contributed by atoms with van der Waals surface area (Å²) in [6.45, 7) is 1.68. The molecule has 17 heavy (non-hydrogen) atoms. The highest BCUT2D eigenvalue weighted by Crippen LogP contribution is 2.30. The SMILES string of the molecule is COc1ccc(C2CCOCC2)cc1CC#N. The summed E-state index contributed by atoms with van der Waals surface area (Å²) in [7, 11) is 1.64. The lowest BCUT2D eigenvalue weighted by molar-refractivity contribution is 0.0853. The van der Waals surface area contributed by atoms with Crippen LogP contribution in [0.1, 0.15) is 29.9 Å². The van der Waals surface area contributed by atoms with Crippen molar-refractivity contribution in [3.8, 4) is 11.8 Å². The van der Waals surface area contributed by atoms with Gasteiger partial charge in [-0.3, -0.25) is 0 Å². The first-order chi connectivity index (χ1) is 8.35. The summed E-state index contributed by atoms with van der Waals surface area (Å²) in [5.41, 5.74) is 2.29. The largest absolute Gasteiger partial charge is 0.496 e. The van der Waals surface area contributed by atoms with Crippen molar-refractivity contribution in [2.24, 2.45) is 0 Å². The molecule has 0 N–H and O–H groups in total. The normalized spacial score (nSPS) is 16.5. The van der Waals surface area contributed by atoms with Crippen molar-refractivity contribution in [1.82, 2.24) is 0 Å². The van der Waals surface area contributed by atoms with Crippen molar-refractivity contribution in [2.45, 2.75) is 25.2 Å². The highest BCUT2D eigenvalue weighted by atomic mass is 16.5. The zero-order valence-corrected chi connectivity index (χ0v) is 10.1. The van der Waals surface area contributed by atoms with Gasteiger partial charge in [0.1, 0.15) is 5.75 Å². The van der Waals surface area contributed by atoms with Gasteiger partial charge in [-0.25, -0.2) is 0 Å². The van der Waals surface area contributed by atoms with Gasteiger partial charge in [0, 0.05) is 18.8 Å². The molecule has 0 bridgehead atoms. The van der Waals surface area contributed by atoms with Crippen LogP contribution in [0, 0.1) is 11.3 Å². The molecule has 1 aromatic rings. The molecule has 1 heterocycles. The summed E-state index contributed by atoms with van der Waals surface area (Å²) in [6.07, 6.45) is 2.54. The number of methoxy groups -OCH3 is 1. The molecule has 3 nitrogen and oxygen atoms in total. The predicted octanol–water partition coefficient (Wildman–Crippen LogP) is 2.66. The van der Waals surface area contributed by atoms with E-state index in [4.69, 9.17) is 14.7 Å². The Labute approximate surface area is 102 Å². The van der Waals surface area contributed by atoms with E-state index in [1.54, 1.807) is 7.11 Å². The first-order valence-electron chi connectivity index (χ1n) is 5.96. The molecule has 0 atom stereocenters. The number of hydrogen-bond donors (Lipinski definition) is 0. The second-order valence-corrected chi connectivity index (χ2v) is 4.29. The Morgan fingerprint density at radius 2 is 2.18 bits per heavy atom. The van der Waals surface area contributed by atoms with Crippen LogP contribution in [0.2, 0.25) is 0 Å². The highest BCUT2D eigenvalue weighted by Gasteiger charge is 2.17. The zero-order valence-electron chi connectivity index (χ0n) is 10.1. The van der Waals surface area contributed by atoms with Gasteiger partial charge in [-0.15, -0.1) is 0 Å². The van der Waals surface area contributed by atoms with Gasteiger partial charge < -0.3 is 9.47 Å². The van der Waals surface area contributed by atoms with Gasteiger partial charge in [0.05, 0.1) is 19.6 Å². The third-order valence-corrected chi connectivity index (χ3v) is 3.27. The number of ether oxygens (including phenoxy) is 2. The number of nitriles is 1. The Kier molecular flexibility index (Phi) is 4.00. The van der Waals surface area contributed by atoms with Crippen LogP contribution in [0.5, 0.6) is 5.75 Å². The van der Waals surface area contributed by atoms with Gasteiger partial charge >= 0.3 is 0 Å². The Hall–Kier alpha value is -1.53. The van der Waals surface area contributed by atoms with Crippen molar-refractivity contribution in [2.75, 3.05) is 20.3 Å².